The van der Waals surface area contributed by atoms with Crippen LogP contribution in [0.25, 0.3) is 0 Å². The van der Waals surface area contributed by atoms with Crippen molar-refractivity contribution in [2.45, 2.75) is 50.9 Å². The Kier molecular flexibility index (Phi) is 4.88. The van der Waals surface area contributed by atoms with Crippen LogP contribution >= 0.6 is 11.6 Å². The largest absolute Gasteiger partial charge is 0.370 e. The molecule has 0 atom stereocenters. The Labute approximate surface area is 153 Å². The smallest absolute Gasteiger partial charge is 0.222 e. The molecule has 1 aliphatic heterocycles. The van der Waals surface area contributed by atoms with E-state index in [-0.39, 0.29) is 11.0 Å². The molecule has 0 saturated heterocycles. The van der Waals surface area contributed by atoms with E-state index in [2.05, 4.69) is 9.97 Å². The lowest BCUT2D eigenvalue weighted by Gasteiger charge is -2.19. The minimum Gasteiger partial charge on any atom is -0.370 e. The van der Waals surface area contributed by atoms with Crippen LogP contribution in [0, 0.1) is 0 Å². The number of rotatable bonds is 4. The molecule has 1 aliphatic rings. The van der Waals surface area contributed by atoms with Gasteiger partial charge < -0.3 is 4.74 Å². The van der Waals surface area contributed by atoms with Gasteiger partial charge in [-0.25, -0.2) is 18.4 Å². The maximum absolute atomic E-state index is 12.4. The molecule has 1 aromatic heterocycles. The van der Waals surface area contributed by atoms with Crippen molar-refractivity contribution in [1.29, 1.82) is 0 Å². The third-order valence-corrected chi connectivity index (χ3v) is 7.04. The van der Waals surface area contributed by atoms with Crippen LogP contribution in [-0.4, -0.2) is 23.1 Å². The number of hydrogen-bond acceptors (Lipinski definition) is 5. The van der Waals surface area contributed by atoms with Gasteiger partial charge in [-0.3, -0.25) is 0 Å². The highest BCUT2D eigenvalue weighted by Gasteiger charge is 2.29. The highest BCUT2D eigenvalue weighted by molar-refractivity contribution is 7.91. The van der Waals surface area contributed by atoms with Crippen LogP contribution in [0.4, 0.5) is 0 Å². The molecule has 0 saturated carbocycles. The molecule has 134 valence electrons. The van der Waals surface area contributed by atoms with E-state index >= 15 is 0 Å². The van der Waals surface area contributed by atoms with Gasteiger partial charge in [0.1, 0.15) is 0 Å². The molecule has 0 fully saturated rings. The Bertz CT molecular complexity index is 905. The van der Waals surface area contributed by atoms with Gasteiger partial charge in [-0.1, -0.05) is 24.3 Å². The summed E-state index contributed by atoms with van der Waals surface area (Å²) in [5, 5.41) is 0.214. The van der Waals surface area contributed by atoms with Crippen molar-refractivity contribution in [2.24, 2.45) is 0 Å². The third kappa shape index (κ3) is 4.02. The monoisotopic (exact) mass is 380 g/mol. The van der Waals surface area contributed by atoms with Gasteiger partial charge in [0.2, 0.25) is 5.28 Å². The Balaban J connectivity index is 1.87. The lowest BCUT2D eigenvalue weighted by Crippen LogP contribution is -2.29. The molecule has 0 bridgehead atoms. The fourth-order valence-electron chi connectivity index (χ4n) is 2.69. The van der Waals surface area contributed by atoms with Gasteiger partial charge in [0, 0.05) is 12.0 Å². The summed E-state index contributed by atoms with van der Waals surface area (Å²) in [6.07, 6.45) is 0.567. The summed E-state index contributed by atoms with van der Waals surface area (Å²) < 4.78 is 29.5. The molecule has 0 amide bonds. The van der Waals surface area contributed by atoms with E-state index in [1.165, 1.54) is 0 Å². The zero-order valence-corrected chi connectivity index (χ0v) is 16.1. The van der Waals surface area contributed by atoms with E-state index < -0.39 is 14.6 Å². The van der Waals surface area contributed by atoms with Crippen LogP contribution in [0.1, 0.15) is 48.8 Å². The van der Waals surface area contributed by atoms with Crippen LogP contribution in [-0.2, 0) is 40.0 Å². The maximum Gasteiger partial charge on any atom is 0.222 e. The number of benzene rings is 1. The number of halogens is 1. The molecule has 0 unspecified atom stereocenters. The number of ether oxygens (including phenoxy) is 1. The Hall–Kier alpha value is -1.50. The minimum absolute atomic E-state index is 0.0239. The van der Waals surface area contributed by atoms with Gasteiger partial charge >= 0.3 is 0 Å². The molecule has 2 aromatic rings. The first-order valence-corrected chi connectivity index (χ1v) is 10.1. The highest BCUT2D eigenvalue weighted by Crippen LogP contribution is 2.25. The predicted octanol–water partition coefficient (Wildman–Crippen LogP) is 3.46. The molecule has 2 heterocycles. The minimum atomic E-state index is -3.22. The Morgan fingerprint density at radius 2 is 1.88 bits per heavy atom. The van der Waals surface area contributed by atoms with E-state index in [0.717, 1.165) is 28.1 Å². The third-order valence-electron chi connectivity index (χ3n) is 4.29. The van der Waals surface area contributed by atoms with Crippen molar-refractivity contribution in [2.75, 3.05) is 0 Å². The van der Waals surface area contributed by atoms with Gasteiger partial charge in [0.25, 0.3) is 0 Å². The first-order chi connectivity index (χ1) is 11.7. The standard InChI is InChI=1S/C18H21ClN2O3S/c1-18(2,3)25(22,23)11-13-6-4-5-12(7-13)8-15-14-9-24-10-16(14)21-17(19)20-15/h4-7H,8-11H2,1-3H3. The fraction of sp³-hybridized carbons (Fsp3) is 0.444. The summed E-state index contributed by atoms with van der Waals surface area (Å²) in [4.78, 5) is 8.54. The molecule has 7 heteroatoms. The average Bonchev–Trinajstić information content (AvgIpc) is 2.94. The van der Waals surface area contributed by atoms with Crippen LogP contribution in [0.2, 0.25) is 5.28 Å². The molecule has 0 aliphatic carbocycles. The molecule has 0 N–H and O–H groups in total. The van der Waals surface area contributed by atoms with Gasteiger partial charge in [0.15, 0.2) is 9.84 Å². The topological polar surface area (TPSA) is 69.2 Å². The van der Waals surface area contributed by atoms with Crippen molar-refractivity contribution in [3.8, 4) is 0 Å². The molecule has 0 radical (unpaired) electrons. The van der Waals surface area contributed by atoms with Crippen molar-refractivity contribution in [1.82, 2.24) is 9.97 Å². The number of fused-ring (bicyclic) bond motifs is 1. The van der Waals surface area contributed by atoms with E-state index in [1.807, 2.05) is 24.3 Å². The molecular weight excluding hydrogens is 360 g/mol. The predicted molar refractivity (Wildman–Crippen MR) is 97.2 cm³/mol. The van der Waals surface area contributed by atoms with Crippen molar-refractivity contribution >= 4 is 21.4 Å². The van der Waals surface area contributed by atoms with E-state index in [4.69, 9.17) is 16.3 Å². The fourth-order valence-corrected chi connectivity index (χ4v) is 3.95. The van der Waals surface area contributed by atoms with Crippen molar-refractivity contribution in [3.05, 3.63) is 57.6 Å². The lowest BCUT2D eigenvalue weighted by atomic mass is 10.0. The molecule has 1 aromatic carbocycles. The van der Waals surface area contributed by atoms with Crippen molar-refractivity contribution < 1.29 is 13.2 Å². The normalized spacial score (nSPS) is 14.6. The first kappa shape index (κ1) is 18.3. The summed E-state index contributed by atoms with van der Waals surface area (Å²) in [6.45, 7) is 6.10. The van der Waals surface area contributed by atoms with Crippen LogP contribution in [0.15, 0.2) is 24.3 Å². The quantitative estimate of drug-likeness (QED) is 0.759. The highest BCUT2D eigenvalue weighted by atomic mass is 35.5. The number of aromatic nitrogens is 2. The number of sulfone groups is 1. The van der Waals surface area contributed by atoms with Gasteiger partial charge in [-0.2, -0.15) is 0 Å². The van der Waals surface area contributed by atoms with Crippen LogP contribution in [0.5, 0.6) is 0 Å². The zero-order chi connectivity index (χ0) is 18.2. The molecular formula is C18H21ClN2O3S. The number of nitrogens with zero attached hydrogens (tertiary/aromatic N) is 2. The molecule has 0 spiro atoms. The van der Waals surface area contributed by atoms with Crippen LogP contribution < -0.4 is 0 Å². The summed E-state index contributed by atoms with van der Waals surface area (Å²) >= 11 is 6.01. The van der Waals surface area contributed by atoms with Crippen molar-refractivity contribution in [3.63, 3.8) is 0 Å². The van der Waals surface area contributed by atoms with Gasteiger partial charge in [-0.05, 0) is 43.5 Å². The summed E-state index contributed by atoms with van der Waals surface area (Å²) in [5.74, 6) is 0.0239. The second-order valence-electron chi connectivity index (χ2n) is 7.23. The molecule has 5 nitrogen and oxygen atoms in total. The lowest BCUT2D eigenvalue weighted by molar-refractivity contribution is 0.133. The first-order valence-electron chi connectivity index (χ1n) is 8.08. The number of hydrogen-bond donors (Lipinski definition) is 0. The second kappa shape index (κ2) is 6.67. The summed E-state index contributed by atoms with van der Waals surface area (Å²) in [7, 11) is -3.22. The van der Waals surface area contributed by atoms with E-state index in [1.54, 1.807) is 20.8 Å². The second-order valence-corrected chi connectivity index (χ2v) is 10.3. The van der Waals surface area contributed by atoms with Gasteiger partial charge in [-0.15, -0.1) is 0 Å². The van der Waals surface area contributed by atoms with E-state index in [0.29, 0.717) is 19.6 Å². The summed E-state index contributed by atoms with van der Waals surface area (Å²) in [6, 6.07) is 7.60. The molecule has 25 heavy (non-hydrogen) atoms. The zero-order valence-electron chi connectivity index (χ0n) is 14.5. The molecule has 3 rings (SSSR count). The Morgan fingerprint density at radius 1 is 1.16 bits per heavy atom. The van der Waals surface area contributed by atoms with Crippen LogP contribution in [0.3, 0.4) is 0 Å². The summed E-state index contributed by atoms with van der Waals surface area (Å²) in [5.41, 5.74) is 4.42. The maximum atomic E-state index is 12.4. The SMILES string of the molecule is CC(C)(C)S(=O)(=O)Cc1cccc(Cc2nc(Cl)nc3c2COC3)c1. The van der Waals surface area contributed by atoms with Gasteiger partial charge in [0.05, 0.1) is 35.1 Å². The average molecular weight is 381 g/mol. The van der Waals surface area contributed by atoms with E-state index in [9.17, 15) is 8.42 Å². The Morgan fingerprint density at radius 3 is 2.60 bits per heavy atom.